The third kappa shape index (κ3) is 4.14. The molecule has 3 nitrogen and oxygen atoms in total. The maximum atomic E-state index is 13.0. The molecule has 130 valence electrons. The molecule has 0 aliphatic heterocycles. The molecular formula is C19H19FN2OS2. The number of carbonyl (C=O) groups excluding carboxylic acids is 1. The third-order valence-corrected chi connectivity index (χ3v) is 5.99. The Labute approximate surface area is 154 Å². The molecule has 2 heterocycles. The van der Waals surface area contributed by atoms with E-state index in [4.69, 9.17) is 0 Å². The van der Waals surface area contributed by atoms with Crippen LogP contribution in [0.15, 0.2) is 41.8 Å². The fourth-order valence-electron chi connectivity index (χ4n) is 2.56. The molecule has 0 atom stereocenters. The minimum absolute atomic E-state index is 0.0270. The Balaban J connectivity index is 1.74. The van der Waals surface area contributed by atoms with E-state index in [-0.39, 0.29) is 17.6 Å². The molecule has 0 unspecified atom stereocenters. The minimum atomic E-state index is -0.238. The molecule has 1 N–H and O–H groups in total. The molecule has 0 aliphatic rings. The molecule has 6 heteroatoms. The highest BCUT2D eigenvalue weighted by molar-refractivity contribution is 7.19. The summed E-state index contributed by atoms with van der Waals surface area (Å²) in [6.45, 7) is 4.04. The molecule has 2 aromatic heterocycles. The van der Waals surface area contributed by atoms with Gasteiger partial charge in [0.25, 0.3) is 0 Å². The van der Waals surface area contributed by atoms with Crippen molar-refractivity contribution in [3.8, 4) is 21.0 Å². The summed E-state index contributed by atoms with van der Waals surface area (Å²) in [6.07, 6.45) is 1.65. The summed E-state index contributed by atoms with van der Waals surface area (Å²) in [6, 6.07) is 10.5. The van der Waals surface area contributed by atoms with Crippen molar-refractivity contribution in [1.29, 1.82) is 0 Å². The minimum Gasteiger partial charge on any atom is -0.302 e. The lowest BCUT2D eigenvalue weighted by atomic mass is 10.0. The number of carbonyl (C=O) groups is 1. The topological polar surface area (TPSA) is 42.0 Å². The van der Waals surface area contributed by atoms with Gasteiger partial charge in [-0.05, 0) is 42.7 Å². The van der Waals surface area contributed by atoms with E-state index >= 15 is 0 Å². The maximum absolute atomic E-state index is 13.0. The number of rotatable bonds is 6. The van der Waals surface area contributed by atoms with Gasteiger partial charge in [-0.15, -0.1) is 22.7 Å². The van der Waals surface area contributed by atoms with Crippen molar-refractivity contribution >= 4 is 33.7 Å². The van der Waals surface area contributed by atoms with Gasteiger partial charge in [-0.1, -0.05) is 26.0 Å². The van der Waals surface area contributed by atoms with Crippen LogP contribution in [0.4, 0.5) is 9.52 Å². The van der Waals surface area contributed by atoms with Crippen LogP contribution in [0.1, 0.15) is 26.7 Å². The smallest absolute Gasteiger partial charge is 0.229 e. The molecule has 0 saturated heterocycles. The average Bonchev–Trinajstić information content (AvgIpc) is 3.26. The third-order valence-electron chi connectivity index (χ3n) is 4.08. The second-order valence-electron chi connectivity index (χ2n) is 5.71. The second kappa shape index (κ2) is 7.89. The van der Waals surface area contributed by atoms with Gasteiger partial charge in [0.15, 0.2) is 5.13 Å². The van der Waals surface area contributed by atoms with Crippen LogP contribution in [0, 0.1) is 11.7 Å². The average molecular weight is 375 g/mol. The summed E-state index contributed by atoms with van der Waals surface area (Å²) >= 11 is 3.03. The second-order valence-corrected chi connectivity index (χ2v) is 7.65. The molecule has 1 amide bonds. The van der Waals surface area contributed by atoms with Crippen molar-refractivity contribution in [2.24, 2.45) is 5.92 Å². The van der Waals surface area contributed by atoms with Crippen molar-refractivity contribution < 1.29 is 9.18 Å². The molecule has 0 spiro atoms. The van der Waals surface area contributed by atoms with E-state index < -0.39 is 0 Å². The number of nitrogens with zero attached hydrogens (tertiary/aromatic N) is 1. The maximum Gasteiger partial charge on any atom is 0.229 e. The van der Waals surface area contributed by atoms with Crippen LogP contribution < -0.4 is 5.32 Å². The molecule has 3 rings (SSSR count). The van der Waals surface area contributed by atoms with Crippen LogP contribution in [0.25, 0.3) is 21.0 Å². The zero-order chi connectivity index (χ0) is 17.8. The van der Waals surface area contributed by atoms with Crippen molar-refractivity contribution in [3.63, 3.8) is 0 Å². The predicted molar refractivity (Wildman–Crippen MR) is 104 cm³/mol. The van der Waals surface area contributed by atoms with Gasteiger partial charge in [0, 0.05) is 16.2 Å². The molecular weight excluding hydrogens is 355 g/mol. The zero-order valence-electron chi connectivity index (χ0n) is 14.1. The molecule has 0 saturated carbocycles. The summed E-state index contributed by atoms with van der Waals surface area (Å²) in [5.41, 5.74) is 1.83. The van der Waals surface area contributed by atoms with Gasteiger partial charge < -0.3 is 5.32 Å². The van der Waals surface area contributed by atoms with E-state index in [1.807, 2.05) is 31.4 Å². The number of thiazole rings is 1. The van der Waals surface area contributed by atoms with Crippen molar-refractivity contribution in [2.75, 3.05) is 5.32 Å². The Bertz CT molecular complexity index is 850. The summed E-state index contributed by atoms with van der Waals surface area (Å²) in [5, 5.41) is 5.49. The largest absolute Gasteiger partial charge is 0.302 e. The van der Waals surface area contributed by atoms with Gasteiger partial charge in [0.2, 0.25) is 5.91 Å². The fourth-order valence-corrected chi connectivity index (χ4v) is 4.32. The lowest BCUT2D eigenvalue weighted by molar-refractivity contribution is -0.120. The number of aromatic nitrogens is 1. The van der Waals surface area contributed by atoms with Gasteiger partial charge >= 0.3 is 0 Å². The van der Waals surface area contributed by atoms with Crippen LogP contribution in [-0.2, 0) is 4.79 Å². The molecule has 3 aromatic rings. The fraction of sp³-hybridized carbons (Fsp3) is 0.263. The first-order valence-corrected chi connectivity index (χ1v) is 9.92. The van der Waals surface area contributed by atoms with Crippen LogP contribution >= 0.6 is 22.7 Å². The van der Waals surface area contributed by atoms with E-state index in [1.165, 1.54) is 23.5 Å². The molecule has 0 aliphatic carbocycles. The molecule has 0 fully saturated rings. The SMILES string of the molecule is CCC(CC)C(=O)Nc1nc(-c2ccc(-c3ccc(F)cc3)s2)cs1. The van der Waals surface area contributed by atoms with Crippen molar-refractivity contribution in [3.05, 3.63) is 47.6 Å². The van der Waals surface area contributed by atoms with E-state index in [0.29, 0.717) is 5.13 Å². The van der Waals surface area contributed by atoms with Gasteiger partial charge in [-0.3, -0.25) is 4.79 Å². The quantitative estimate of drug-likeness (QED) is 0.570. The van der Waals surface area contributed by atoms with Crippen molar-refractivity contribution in [1.82, 2.24) is 4.98 Å². The Morgan fingerprint density at radius 3 is 2.48 bits per heavy atom. The number of thiophene rings is 1. The number of halogens is 1. The first-order chi connectivity index (χ1) is 12.1. The number of hydrogen-bond acceptors (Lipinski definition) is 4. The molecule has 0 radical (unpaired) electrons. The van der Waals surface area contributed by atoms with Gasteiger partial charge in [-0.2, -0.15) is 0 Å². The number of benzene rings is 1. The summed E-state index contributed by atoms with van der Waals surface area (Å²) < 4.78 is 13.0. The monoisotopic (exact) mass is 374 g/mol. The predicted octanol–water partition coefficient (Wildman–Crippen LogP) is 6.05. The standard InChI is InChI=1S/C19H19FN2OS2/c1-3-12(4-2)18(23)22-19-21-15(11-24-19)17-10-9-16(25-17)13-5-7-14(20)8-6-13/h5-12H,3-4H2,1-2H3,(H,21,22,23). The highest BCUT2D eigenvalue weighted by atomic mass is 32.1. The number of anilines is 1. The Kier molecular flexibility index (Phi) is 5.60. The Hall–Kier alpha value is -2.05. The van der Waals surface area contributed by atoms with Crippen LogP contribution in [0.2, 0.25) is 0 Å². The Morgan fingerprint density at radius 1 is 1.12 bits per heavy atom. The van der Waals surface area contributed by atoms with E-state index in [1.54, 1.807) is 23.5 Å². The normalized spacial score (nSPS) is 11.0. The summed E-state index contributed by atoms with van der Waals surface area (Å²) in [4.78, 5) is 18.8. The molecule has 25 heavy (non-hydrogen) atoms. The van der Waals surface area contributed by atoms with Crippen molar-refractivity contribution in [2.45, 2.75) is 26.7 Å². The lowest BCUT2D eigenvalue weighted by Gasteiger charge is -2.10. The van der Waals surface area contributed by atoms with Crippen LogP contribution in [-0.4, -0.2) is 10.9 Å². The van der Waals surface area contributed by atoms with Crippen LogP contribution in [0.5, 0.6) is 0 Å². The number of amides is 1. The van der Waals surface area contributed by atoms with Gasteiger partial charge in [-0.25, -0.2) is 9.37 Å². The zero-order valence-corrected chi connectivity index (χ0v) is 15.7. The number of hydrogen-bond donors (Lipinski definition) is 1. The van der Waals surface area contributed by atoms with E-state index in [9.17, 15) is 9.18 Å². The first-order valence-electron chi connectivity index (χ1n) is 8.23. The van der Waals surface area contributed by atoms with Gasteiger partial charge in [0.05, 0.1) is 10.6 Å². The first kappa shape index (κ1) is 17.8. The highest BCUT2D eigenvalue weighted by Gasteiger charge is 2.16. The van der Waals surface area contributed by atoms with E-state index in [0.717, 1.165) is 33.9 Å². The summed E-state index contributed by atoms with van der Waals surface area (Å²) in [7, 11) is 0. The lowest BCUT2D eigenvalue weighted by Crippen LogP contribution is -2.21. The number of nitrogens with one attached hydrogen (secondary N) is 1. The Morgan fingerprint density at radius 2 is 1.80 bits per heavy atom. The molecule has 0 bridgehead atoms. The highest BCUT2D eigenvalue weighted by Crippen LogP contribution is 2.35. The summed E-state index contributed by atoms with van der Waals surface area (Å²) in [5.74, 6) is -0.180. The molecule has 1 aromatic carbocycles. The van der Waals surface area contributed by atoms with E-state index in [2.05, 4.69) is 10.3 Å². The van der Waals surface area contributed by atoms with Crippen LogP contribution in [0.3, 0.4) is 0 Å². The van der Waals surface area contributed by atoms with Gasteiger partial charge in [0.1, 0.15) is 5.82 Å².